The first-order chi connectivity index (χ1) is 25.4. The third kappa shape index (κ3) is 10.7. The van der Waals surface area contributed by atoms with Gasteiger partial charge in [0, 0.05) is 30.1 Å². The normalized spacial score (nSPS) is 16.6. The van der Waals surface area contributed by atoms with Crippen LogP contribution in [-0.2, 0) is 26.9 Å². The maximum absolute atomic E-state index is 13.7. The molecule has 0 saturated heterocycles. The third-order valence-electron chi connectivity index (χ3n) is 9.13. The number of amides is 3. The number of rotatable bonds is 11. The lowest BCUT2D eigenvalue weighted by Crippen LogP contribution is -2.48. The maximum Gasteiger partial charge on any atom is 0.451 e. The molecule has 0 bridgehead atoms. The Labute approximate surface area is 310 Å². The molecule has 0 spiro atoms. The Balaban J connectivity index is 1.27. The molecule has 1 saturated carbocycles. The highest BCUT2D eigenvalue weighted by molar-refractivity contribution is 5.98. The monoisotopic (exact) mass is 748 g/mol. The van der Waals surface area contributed by atoms with E-state index in [0.717, 1.165) is 22.3 Å². The number of aromatic amines is 1. The Hall–Kier alpha value is -5.73. The molecule has 4 aromatic rings. The number of carboxylic acid groups (broad SMARTS) is 1. The summed E-state index contributed by atoms with van der Waals surface area (Å²) in [5, 5.41) is 23.4. The summed E-state index contributed by atoms with van der Waals surface area (Å²) in [4.78, 5) is 54.3. The largest absolute Gasteiger partial charge is 0.478 e. The van der Waals surface area contributed by atoms with Crippen molar-refractivity contribution < 1.29 is 42.2 Å². The van der Waals surface area contributed by atoms with Gasteiger partial charge in [-0.05, 0) is 118 Å². The fraction of sp³-hybridized carbons (Fsp3) is 0.385. The van der Waals surface area contributed by atoms with Crippen molar-refractivity contribution in [2.24, 2.45) is 11.8 Å². The lowest BCUT2D eigenvalue weighted by atomic mass is 9.81. The number of nitrogens with zero attached hydrogens (tertiary/aromatic N) is 2. The summed E-state index contributed by atoms with van der Waals surface area (Å²) in [5.74, 6) is -3.30. The van der Waals surface area contributed by atoms with Crippen LogP contribution in [0.3, 0.4) is 0 Å². The number of nitrogens with one attached hydrogen (secondary N) is 4. The molecule has 12 nitrogen and oxygen atoms in total. The number of H-pyrrole nitrogens is 1. The summed E-state index contributed by atoms with van der Waals surface area (Å²) in [6, 6.07) is 17.3. The lowest BCUT2D eigenvalue weighted by molar-refractivity contribution is -0.144. The van der Waals surface area contributed by atoms with Gasteiger partial charge in [-0.2, -0.15) is 18.3 Å². The van der Waals surface area contributed by atoms with Gasteiger partial charge in [0.15, 0.2) is 5.82 Å². The first-order valence-electron chi connectivity index (χ1n) is 17.6. The van der Waals surface area contributed by atoms with Gasteiger partial charge in [0.25, 0.3) is 0 Å². The van der Waals surface area contributed by atoms with Crippen LogP contribution in [0.5, 0.6) is 0 Å². The van der Waals surface area contributed by atoms with E-state index in [1.54, 1.807) is 32.9 Å². The highest BCUT2D eigenvalue weighted by Crippen LogP contribution is 2.30. The van der Waals surface area contributed by atoms with Crippen molar-refractivity contribution in [3.05, 3.63) is 89.2 Å². The van der Waals surface area contributed by atoms with E-state index in [2.05, 4.69) is 26.0 Å². The summed E-state index contributed by atoms with van der Waals surface area (Å²) < 4.78 is 44.3. The third-order valence-corrected chi connectivity index (χ3v) is 9.13. The smallest absolute Gasteiger partial charge is 0.451 e. The zero-order valence-electron chi connectivity index (χ0n) is 30.3. The molecule has 3 amide bonds. The molecule has 15 heteroatoms. The number of aromatic carboxylic acids is 1. The highest BCUT2D eigenvalue weighted by Gasteiger charge is 2.35. The molecule has 0 radical (unpaired) electrons. The van der Waals surface area contributed by atoms with Crippen molar-refractivity contribution in [3.8, 4) is 22.5 Å². The standard InChI is InChI=1S/C39H43F3N6O6/c1-22-19-28(35(51)52)15-18-30(22)25-9-5-23(6-10-25)20-31(45-33(49)27-11-7-24(8-12-27)21-43-37(53)54-38(2,3)4)34(50)44-29-16-13-26(14-17-29)32-46-36(48-47-32)39(40,41)42/h5-6,9-10,13-19,24,27,31H,7-8,11-12,20-21H2,1-4H3,(H,43,53)(H,44,50)(H,45,49)(H,51,52)(H,46,47,48). The van der Waals surface area contributed by atoms with Crippen LogP contribution in [0.25, 0.3) is 22.5 Å². The van der Waals surface area contributed by atoms with Gasteiger partial charge >= 0.3 is 18.2 Å². The number of carbonyl (C=O) groups excluding carboxylic acids is 3. The molecule has 0 aliphatic heterocycles. The molecule has 1 fully saturated rings. The minimum absolute atomic E-state index is 0.152. The number of aromatic nitrogens is 3. The van der Waals surface area contributed by atoms with E-state index in [0.29, 0.717) is 43.5 Å². The molecule has 1 heterocycles. The number of carboxylic acids is 1. The zero-order chi connectivity index (χ0) is 39.2. The molecule has 286 valence electrons. The predicted molar refractivity (Wildman–Crippen MR) is 194 cm³/mol. The first-order valence-corrected chi connectivity index (χ1v) is 17.6. The number of hydrogen-bond acceptors (Lipinski definition) is 7. The van der Waals surface area contributed by atoms with Gasteiger partial charge in [0.1, 0.15) is 11.6 Å². The fourth-order valence-corrected chi connectivity index (χ4v) is 6.30. The minimum Gasteiger partial charge on any atom is -0.478 e. The molecule has 1 atom stereocenters. The Morgan fingerprint density at radius 3 is 2.15 bits per heavy atom. The molecule has 3 aromatic carbocycles. The van der Waals surface area contributed by atoms with Gasteiger partial charge in [-0.25, -0.2) is 14.6 Å². The zero-order valence-corrected chi connectivity index (χ0v) is 30.3. The number of carbonyl (C=O) groups is 4. The number of anilines is 1. The first kappa shape index (κ1) is 39.5. The summed E-state index contributed by atoms with van der Waals surface area (Å²) in [6.45, 7) is 7.64. The van der Waals surface area contributed by atoms with Gasteiger partial charge in [-0.1, -0.05) is 30.3 Å². The van der Waals surface area contributed by atoms with E-state index >= 15 is 0 Å². The molecule has 1 aliphatic carbocycles. The van der Waals surface area contributed by atoms with Gasteiger partial charge in [0.2, 0.25) is 17.6 Å². The molecular formula is C39H43F3N6O6. The second kappa shape index (κ2) is 16.5. The minimum atomic E-state index is -4.68. The number of benzene rings is 3. The molecule has 1 aromatic heterocycles. The van der Waals surface area contributed by atoms with Gasteiger partial charge in [-0.15, -0.1) is 0 Å². The number of halogens is 3. The Morgan fingerprint density at radius 2 is 1.57 bits per heavy atom. The fourth-order valence-electron chi connectivity index (χ4n) is 6.30. The van der Waals surface area contributed by atoms with Crippen LogP contribution in [0, 0.1) is 18.8 Å². The topological polar surface area (TPSA) is 175 Å². The van der Waals surface area contributed by atoms with Gasteiger partial charge < -0.3 is 25.8 Å². The quantitative estimate of drug-likeness (QED) is 0.107. The van der Waals surface area contributed by atoms with Crippen LogP contribution in [0.4, 0.5) is 23.7 Å². The van der Waals surface area contributed by atoms with Crippen LogP contribution in [0.2, 0.25) is 0 Å². The average molecular weight is 749 g/mol. The summed E-state index contributed by atoms with van der Waals surface area (Å²) in [5.41, 5.74) is 3.49. The van der Waals surface area contributed by atoms with E-state index in [4.69, 9.17) is 4.74 Å². The molecule has 1 unspecified atom stereocenters. The number of ether oxygens (including phenoxy) is 1. The lowest BCUT2D eigenvalue weighted by Gasteiger charge is -2.29. The van der Waals surface area contributed by atoms with Crippen molar-refractivity contribution in [2.45, 2.75) is 77.6 Å². The van der Waals surface area contributed by atoms with Crippen molar-refractivity contribution in [1.29, 1.82) is 0 Å². The van der Waals surface area contributed by atoms with Crippen LogP contribution in [0.1, 0.15) is 73.8 Å². The summed E-state index contributed by atoms with van der Waals surface area (Å²) in [6.07, 6.45) is -2.44. The van der Waals surface area contributed by atoms with Crippen LogP contribution in [0.15, 0.2) is 66.7 Å². The van der Waals surface area contributed by atoms with Crippen molar-refractivity contribution in [1.82, 2.24) is 25.8 Å². The molecule has 1 aliphatic rings. The van der Waals surface area contributed by atoms with E-state index in [1.807, 2.05) is 36.3 Å². The van der Waals surface area contributed by atoms with Gasteiger partial charge in [-0.3, -0.25) is 14.7 Å². The van der Waals surface area contributed by atoms with Crippen LogP contribution >= 0.6 is 0 Å². The van der Waals surface area contributed by atoms with Crippen LogP contribution in [-0.4, -0.2) is 62.4 Å². The summed E-state index contributed by atoms with van der Waals surface area (Å²) >= 11 is 0. The van der Waals surface area contributed by atoms with Crippen LogP contribution < -0.4 is 16.0 Å². The van der Waals surface area contributed by atoms with E-state index in [-0.39, 0.29) is 35.6 Å². The van der Waals surface area contributed by atoms with Crippen molar-refractivity contribution in [3.63, 3.8) is 0 Å². The SMILES string of the molecule is Cc1cc(C(=O)O)ccc1-c1ccc(CC(NC(=O)C2CCC(CNC(=O)OC(C)(C)C)CC2)C(=O)Nc2ccc(-c3n[nH]c(C(F)(F)F)n3)cc2)cc1. The van der Waals surface area contributed by atoms with Crippen molar-refractivity contribution in [2.75, 3.05) is 11.9 Å². The second-order valence-corrected chi connectivity index (χ2v) is 14.5. The van der Waals surface area contributed by atoms with Crippen molar-refractivity contribution >= 4 is 29.6 Å². The number of hydrogen-bond donors (Lipinski definition) is 5. The Bertz CT molecular complexity index is 1960. The van der Waals surface area contributed by atoms with E-state index in [9.17, 15) is 37.5 Å². The Kier molecular flexibility index (Phi) is 12.1. The van der Waals surface area contributed by atoms with E-state index in [1.165, 1.54) is 30.3 Å². The number of alkyl carbamates (subject to hydrolysis) is 1. The summed E-state index contributed by atoms with van der Waals surface area (Å²) in [7, 11) is 0. The van der Waals surface area contributed by atoms with E-state index < -0.39 is 41.6 Å². The average Bonchev–Trinajstić information content (AvgIpc) is 3.62. The predicted octanol–water partition coefficient (Wildman–Crippen LogP) is 7.16. The highest BCUT2D eigenvalue weighted by atomic mass is 19.4. The number of alkyl halides is 3. The molecule has 5 N–H and O–H groups in total. The second-order valence-electron chi connectivity index (χ2n) is 14.5. The molecule has 5 rings (SSSR count). The Morgan fingerprint density at radius 1 is 0.926 bits per heavy atom. The molecule has 54 heavy (non-hydrogen) atoms. The maximum atomic E-state index is 13.7. The number of aryl methyl sites for hydroxylation is 1. The van der Waals surface area contributed by atoms with Gasteiger partial charge in [0.05, 0.1) is 5.56 Å². The molecular weight excluding hydrogens is 705 g/mol.